The lowest BCUT2D eigenvalue weighted by molar-refractivity contribution is -0.304. The van der Waals surface area contributed by atoms with Crippen molar-refractivity contribution in [1.29, 1.82) is 0 Å². The molecule has 2 spiro atoms. The van der Waals surface area contributed by atoms with Gasteiger partial charge in [-0.15, -0.1) is 0 Å². The fraction of sp³-hybridized carbons (Fsp3) is 0.675. The average molecular weight is 756 g/mol. The summed E-state index contributed by atoms with van der Waals surface area (Å²) in [5.74, 6) is 1.04. The summed E-state index contributed by atoms with van der Waals surface area (Å²) in [5.41, 5.74) is 2.87. The van der Waals surface area contributed by atoms with Crippen LogP contribution in [0.25, 0.3) is 0 Å². The highest BCUT2D eigenvalue weighted by Gasteiger charge is 2.68. The van der Waals surface area contributed by atoms with E-state index in [0.717, 1.165) is 62.2 Å². The molecule has 4 fully saturated rings. The minimum absolute atomic E-state index is 0.0486. The van der Waals surface area contributed by atoms with Crippen molar-refractivity contribution < 1.29 is 32.5 Å². The van der Waals surface area contributed by atoms with Gasteiger partial charge in [-0.05, 0) is 131 Å². The maximum Gasteiger partial charge on any atom is 0.264 e. The third-order valence-electron chi connectivity index (χ3n) is 14.2. The van der Waals surface area contributed by atoms with E-state index in [-0.39, 0.29) is 29.3 Å². The van der Waals surface area contributed by atoms with E-state index in [1.807, 2.05) is 44.1 Å². The second-order valence-corrected chi connectivity index (χ2v) is 19.8. The minimum atomic E-state index is -3.94. The Morgan fingerprint density at radius 1 is 1.02 bits per heavy atom. The number of rotatable bonds is 3. The van der Waals surface area contributed by atoms with Gasteiger partial charge in [0.2, 0.25) is 10.0 Å². The zero-order valence-corrected chi connectivity index (χ0v) is 32.5. The summed E-state index contributed by atoms with van der Waals surface area (Å²) < 4.78 is 49.4. The SMILES string of the molecule is C[C@@H]1[C@@H](C)CCC[C@@H](C2OCC(CO)(N(C)C)CO2)[C@@H]2C3CC2(C3)CN2C[C@@]3(CCCc4cc(Cl)ccc43)COc3ccc(cc32)C(=O)NS1(=O)=O. The highest BCUT2D eigenvalue weighted by Crippen LogP contribution is 2.72. The summed E-state index contributed by atoms with van der Waals surface area (Å²) in [5, 5.41) is 10.3. The van der Waals surface area contributed by atoms with Crippen molar-refractivity contribution in [2.45, 2.75) is 87.7 Å². The first-order valence-electron chi connectivity index (χ1n) is 19.2. The summed E-state index contributed by atoms with van der Waals surface area (Å²) in [6, 6.07) is 11.6. The van der Waals surface area contributed by atoms with Crippen LogP contribution >= 0.6 is 11.6 Å². The van der Waals surface area contributed by atoms with Crippen molar-refractivity contribution in [3.63, 3.8) is 0 Å². The van der Waals surface area contributed by atoms with Gasteiger partial charge in [0.15, 0.2) is 6.29 Å². The molecule has 3 heterocycles. The van der Waals surface area contributed by atoms with Gasteiger partial charge in [0.05, 0.1) is 42.9 Å². The first kappa shape index (κ1) is 36.6. The number of likely N-dealkylation sites (N-methyl/N-ethyl adjacent to an activating group) is 1. The number of nitrogens with one attached hydrogen (secondary N) is 1. The molecule has 12 heteroatoms. The molecule has 3 saturated carbocycles. The number of amides is 1. The number of hydrogen-bond donors (Lipinski definition) is 2. The number of anilines is 1. The van der Waals surface area contributed by atoms with Crippen LogP contribution in [-0.2, 0) is 31.3 Å². The van der Waals surface area contributed by atoms with Crippen LogP contribution in [0.3, 0.4) is 0 Å². The number of aryl methyl sites for hydroxylation is 1. The molecule has 4 bridgehead atoms. The highest BCUT2D eigenvalue weighted by molar-refractivity contribution is 7.90. The third kappa shape index (κ3) is 6.06. The largest absolute Gasteiger partial charge is 0.490 e. The molecule has 7 aliphatic rings. The summed E-state index contributed by atoms with van der Waals surface area (Å²) >= 11 is 6.50. The minimum Gasteiger partial charge on any atom is -0.490 e. The Kier molecular flexibility index (Phi) is 9.43. The molecular weight excluding hydrogens is 702 g/mol. The van der Waals surface area contributed by atoms with Gasteiger partial charge < -0.3 is 24.2 Å². The van der Waals surface area contributed by atoms with Crippen molar-refractivity contribution in [3.05, 3.63) is 58.1 Å². The van der Waals surface area contributed by atoms with Gasteiger partial charge in [0.25, 0.3) is 5.91 Å². The number of fused-ring (bicyclic) bond motifs is 3. The molecule has 2 N–H and O–H groups in total. The Balaban J connectivity index is 1.19. The van der Waals surface area contributed by atoms with Crippen LogP contribution in [0.2, 0.25) is 5.02 Å². The average Bonchev–Trinajstić information content (AvgIpc) is 3.24. The quantitative estimate of drug-likeness (QED) is 0.426. The molecular formula is C40H54ClN3O7S. The van der Waals surface area contributed by atoms with Gasteiger partial charge in [-0.3, -0.25) is 9.69 Å². The van der Waals surface area contributed by atoms with Crippen molar-refractivity contribution >= 4 is 33.2 Å². The van der Waals surface area contributed by atoms with Crippen LogP contribution in [-0.4, -0.2) is 95.0 Å². The third-order valence-corrected chi connectivity index (χ3v) is 16.3. The number of halogens is 1. The normalized spacial score (nSPS) is 38.5. The molecule has 4 aliphatic carbocycles. The zero-order chi connectivity index (χ0) is 36.6. The monoisotopic (exact) mass is 755 g/mol. The van der Waals surface area contributed by atoms with E-state index in [1.165, 1.54) is 11.1 Å². The van der Waals surface area contributed by atoms with Gasteiger partial charge in [0, 0.05) is 35.0 Å². The lowest BCUT2D eigenvalue weighted by Gasteiger charge is -2.72. The Hall–Kier alpha value is -2.41. The fourth-order valence-electron chi connectivity index (χ4n) is 10.6. The first-order chi connectivity index (χ1) is 24.8. The van der Waals surface area contributed by atoms with Gasteiger partial charge in [0.1, 0.15) is 5.75 Å². The zero-order valence-electron chi connectivity index (χ0n) is 30.9. The standard InChI is InChI=1S/C40H54ClN3O7S/c1-25-7-5-9-31(37-50-23-40(21-45,24-51-37)43(3)4)35-29-17-39(35,18-29)20-44-19-38(14-6-8-27-15-30(41)11-12-32(27)38)22-49-34-13-10-28(16-33(34)44)36(46)42-52(47,48)26(25)2/h10-13,15-16,25-26,29,31,35,37,45H,5-9,14,17-24H2,1-4H3,(H,42,46)/t25-,26+,29?,31+,35-,37?,38-,39?,40?/m0/s1. The number of carbonyl (C=O) groups excluding carboxylic acids is 1. The number of aliphatic hydroxyl groups excluding tert-OH is 1. The molecule has 52 heavy (non-hydrogen) atoms. The van der Waals surface area contributed by atoms with Gasteiger partial charge in [-0.1, -0.05) is 31.0 Å². The predicted octanol–water partition coefficient (Wildman–Crippen LogP) is 5.39. The topological polar surface area (TPSA) is 118 Å². The predicted molar refractivity (Wildman–Crippen MR) is 200 cm³/mol. The maximum atomic E-state index is 13.7. The lowest BCUT2D eigenvalue weighted by atomic mass is 9.34. The molecule has 2 aromatic carbocycles. The van der Waals surface area contributed by atoms with Crippen molar-refractivity contribution in [3.8, 4) is 5.75 Å². The number of nitrogens with zero attached hydrogens (tertiary/aromatic N) is 2. The van der Waals surface area contributed by atoms with Crippen LogP contribution < -0.4 is 14.4 Å². The smallest absolute Gasteiger partial charge is 0.264 e. The van der Waals surface area contributed by atoms with Crippen LogP contribution in [0, 0.1) is 29.1 Å². The molecule has 3 aliphatic heterocycles. The molecule has 0 radical (unpaired) electrons. The Bertz CT molecular complexity index is 1810. The first-order valence-corrected chi connectivity index (χ1v) is 21.1. The molecule has 1 saturated heterocycles. The highest BCUT2D eigenvalue weighted by atomic mass is 35.5. The Morgan fingerprint density at radius 3 is 2.48 bits per heavy atom. The number of sulfonamides is 1. The van der Waals surface area contributed by atoms with Crippen molar-refractivity contribution in [2.75, 3.05) is 58.5 Å². The van der Waals surface area contributed by atoms with Gasteiger partial charge >= 0.3 is 0 Å². The number of aliphatic hydroxyl groups is 1. The van der Waals surface area contributed by atoms with Crippen LogP contribution in [0.4, 0.5) is 5.69 Å². The van der Waals surface area contributed by atoms with E-state index in [2.05, 4.69) is 21.8 Å². The van der Waals surface area contributed by atoms with E-state index in [9.17, 15) is 18.3 Å². The number of ether oxygens (including phenoxy) is 3. The molecule has 0 unspecified atom stereocenters. The van der Waals surface area contributed by atoms with Crippen LogP contribution in [0.15, 0.2) is 36.4 Å². The molecule has 10 nitrogen and oxygen atoms in total. The number of hydrogen-bond acceptors (Lipinski definition) is 9. The molecule has 2 aromatic rings. The molecule has 0 aromatic heterocycles. The fourth-order valence-corrected chi connectivity index (χ4v) is 12.1. The summed E-state index contributed by atoms with van der Waals surface area (Å²) in [4.78, 5) is 18.1. The molecule has 9 rings (SSSR count). The number of benzene rings is 2. The number of carbonyl (C=O) groups is 1. The molecule has 284 valence electrons. The maximum absolute atomic E-state index is 13.7. The van der Waals surface area contributed by atoms with E-state index in [4.69, 9.17) is 25.8 Å². The van der Waals surface area contributed by atoms with Crippen LogP contribution in [0.5, 0.6) is 5.75 Å². The van der Waals surface area contributed by atoms with E-state index in [0.29, 0.717) is 55.9 Å². The Labute approximate surface area is 313 Å². The molecule has 5 atom stereocenters. The van der Waals surface area contributed by atoms with Gasteiger partial charge in [-0.25, -0.2) is 13.1 Å². The van der Waals surface area contributed by atoms with Crippen molar-refractivity contribution in [2.24, 2.45) is 29.1 Å². The summed E-state index contributed by atoms with van der Waals surface area (Å²) in [6.45, 7) is 6.40. The Morgan fingerprint density at radius 2 is 1.79 bits per heavy atom. The van der Waals surface area contributed by atoms with E-state index >= 15 is 0 Å². The summed E-state index contributed by atoms with van der Waals surface area (Å²) in [6.07, 6.45) is 7.23. The lowest BCUT2D eigenvalue weighted by Crippen LogP contribution is -2.70. The molecule has 1 amide bonds. The van der Waals surface area contributed by atoms with Crippen molar-refractivity contribution in [1.82, 2.24) is 9.62 Å². The second kappa shape index (κ2) is 13.4. The van der Waals surface area contributed by atoms with Crippen LogP contribution in [0.1, 0.15) is 80.3 Å². The summed E-state index contributed by atoms with van der Waals surface area (Å²) in [7, 11) is -0.0402. The van der Waals surface area contributed by atoms with E-state index in [1.54, 1.807) is 13.0 Å². The second-order valence-electron chi connectivity index (χ2n) is 17.3. The van der Waals surface area contributed by atoms with Gasteiger partial charge in [-0.2, -0.15) is 0 Å². The van der Waals surface area contributed by atoms with E-state index < -0.39 is 33.0 Å².